The van der Waals surface area contributed by atoms with Crippen LogP contribution < -0.4 is 0 Å². The summed E-state index contributed by atoms with van der Waals surface area (Å²) in [7, 11) is 0. The molecule has 0 spiro atoms. The molecule has 0 radical (unpaired) electrons. The first-order valence-electron chi connectivity index (χ1n) is 15.6. The van der Waals surface area contributed by atoms with E-state index in [1.165, 1.54) is 21.9 Å². The molecule has 9 rings (SSSR count). The SMILES string of the molecule is C=C1c2ccccc2Sc2ccc(-c3ccc(-c4nc5c6ccccc6c6ccccc6c5n4-c4ccc(C(F)(F)F)cc4)cc3)cc21. The van der Waals surface area contributed by atoms with E-state index in [1.54, 1.807) is 11.8 Å². The number of hydrogen-bond acceptors (Lipinski definition) is 2. The first kappa shape index (κ1) is 28.6. The molecule has 6 heteroatoms. The maximum Gasteiger partial charge on any atom is 0.416 e. The lowest BCUT2D eigenvalue weighted by atomic mass is 9.95. The number of imidazole rings is 1. The van der Waals surface area contributed by atoms with Crippen LogP contribution in [0.15, 0.2) is 156 Å². The molecule has 0 fully saturated rings. The van der Waals surface area contributed by atoms with Gasteiger partial charge in [-0.3, -0.25) is 4.57 Å². The second kappa shape index (κ2) is 10.7. The van der Waals surface area contributed by atoms with Crippen LogP contribution in [-0.2, 0) is 6.18 Å². The molecule has 0 saturated carbocycles. The Morgan fingerprint density at radius 1 is 0.562 bits per heavy atom. The average Bonchev–Trinajstić information content (AvgIpc) is 3.53. The van der Waals surface area contributed by atoms with Crippen LogP contribution in [0.25, 0.3) is 66.4 Å². The monoisotopic (exact) mass is 646 g/mol. The number of fused-ring (bicyclic) bond motifs is 8. The highest BCUT2D eigenvalue weighted by Gasteiger charge is 2.30. The van der Waals surface area contributed by atoms with Crippen LogP contribution in [0.1, 0.15) is 16.7 Å². The van der Waals surface area contributed by atoms with Crippen LogP contribution in [0.3, 0.4) is 0 Å². The van der Waals surface area contributed by atoms with Gasteiger partial charge in [-0.2, -0.15) is 13.2 Å². The van der Waals surface area contributed by atoms with E-state index in [0.29, 0.717) is 11.5 Å². The van der Waals surface area contributed by atoms with E-state index in [4.69, 9.17) is 4.98 Å². The zero-order valence-electron chi connectivity index (χ0n) is 25.4. The van der Waals surface area contributed by atoms with Crippen molar-refractivity contribution >= 4 is 49.9 Å². The molecule has 0 unspecified atom stereocenters. The fourth-order valence-electron chi connectivity index (χ4n) is 6.86. The number of benzene rings is 7. The molecule has 230 valence electrons. The van der Waals surface area contributed by atoms with E-state index < -0.39 is 11.7 Å². The molecular weight excluding hydrogens is 622 g/mol. The third-order valence-electron chi connectivity index (χ3n) is 9.20. The van der Waals surface area contributed by atoms with Crippen LogP contribution in [0.4, 0.5) is 13.2 Å². The average molecular weight is 647 g/mol. The van der Waals surface area contributed by atoms with Gasteiger partial charge in [0.05, 0.1) is 16.6 Å². The van der Waals surface area contributed by atoms with Gasteiger partial charge in [0.15, 0.2) is 0 Å². The standard InChI is InChI=1S/C42H25F3N2S/c1-25-31-8-6-7-13-37(31)48-38-23-18-28(24-36(25)38)26-14-16-27(17-15-26)41-46-39-34-11-4-2-9-32(34)33-10-3-5-12-35(33)40(39)47(41)30-21-19-29(20-22-30)42(43,44)45/h2-24H,1H2. The maximum absolute atomic E-state index is 13.6. The maximum atomic E-state index is 13.6. The van der Waals surface area contributed by atoms with Gasteiger partial charge in [-0.1, -0.05) is 115 Å². The lowest BCUT2D eigenvalue weighted by Gasteiger charge is -2.22. The highest BCUT2D eigenvalue weighted by molar-refractivity contribution is 7.99. The Labute approximate surface area is 278 Å². The van der Waals surface area contributed by atoms with Crippen LogP contribution in [0.5, 0.6) is 0 Å². The summed E-state index contributed by atoms with van der Waals surface area (Å²) in [6.07, 6.45) is -4.43. The lowest BCUT2D eigenvalue weighted by Crippen LogP contribution is -2.05. The van der Waals surface area contributed by atoms with Crippen molar-refractivity contribution in [3.8, 4) is 28.2 Å². The van der Waals surface area contributed by atoms with E-state index >= 15 is 0 Å². The number of halogens is 3. The Morgan fingerprint density at radius 2 is 1.15 bits per heavy atom. The molecule has 1 aliphatic heterocycles. The first-order chi connectivity index (χ1) is 23.3. The minimum Gasteiger partial charge on any atom is -0.292 e. The Morgan fingerprint density at radius 3 is 1.88 bits per heavy atom. The normalized spacial score (nSPS) is 12.9. The molecule has 0 saturated heterocycles. The van der Waals surface area contributed by atoms with Gasteiger partial charge in [-0.25, -0.2) is 4.98 Å². The van der Waals surface area contributed by atoms with Crippen molar-refractivity contribution in [2.75, 3.05) is 0 Å². The fraction of sp³-hybridized carbons (Fsp3) is 0.0238. The van der Waals surface area contributed by atoms with Crippen molar-refractivity contribution in [3.05, 3.63) is 163 Å². The third kappa shape index (κ3) is 4.48. The summed E-state index contributed by atoms with van der Waals surface area (Å²) in [6, 6.07) is 44.7. The zero-order valence-corrected chi connectivity index (χ0v) is 26.2. The molecule has 48 heavy (non-hydrogen) atoms. The van der Waals surface area contributed by atoms with Crippen molar-refractivity contribution < 1.29 is 13.2 Å². The van der Waals surface area contributed by atoms with E-state index in [2.05, 4.69) is 79.4 Å². The minimum absolute atomic E-state index is 0.607. The van der Waals surface area contributed by atoms with Crippen LogP contribution >= 0.6 is 11.8 Å². The molecule has 1 aromatic heterocycles. The van der Waals surface area contributed by atoms with Crippen molar-refractivity contribution in [1.29, 1.82) is 0 Å². The Bertz CT molecular complexity index is 2580. The third-order valence-corrected chi connectivity index (χ3v) is 10.3. The van der Waals surface area contributed by atoms with E-state index in [1.807, 2.05) is 47.0 Å². The molecule has 0 aliphatic carbocycles. The highest BCUT2D eigenvalue weighted by atomic mass is 32.2. The van der Waals surface area contributed by atoms with Gasteiger partial charge in [-0.15, -0.1) is 0 Å². The number of nitrogens with zero attached hydrogens (tertiary/aromatic N) is 2. The fourth-order valence-corrected chi connectivity index (χ4v) is 7.98. The highest BCUT2D eigenvalue weighted by Crippen LogP contribution is 2.46. The minimum atomic E-state index is -4.43. The summed E-state index contributed by atoms with van der Waals surface area (Å²) in [5, 5.41) is 4.11. The topological polar surface area (TPSA) is 17.8 Å². The number of rotatable bonds is 3. The molecule has 7 aromatic carbocycles. The second-order valence-electron chi connectivity index (χ2n) is 12.0. The summed E-state index contributed by atoms with van der Waals surface area (Å²) in [5.74, 6) is 0.657. The summed E-state index contributed by atoms with van der Waals surface area (Å²) < 4.78 is 42.7. The van der Waals surface area contributed by atoms with Gasteiger partial charge < -0.3 is 0 Å². The van der Waals surface area contributed by atoms with Gasteiger partial charge in [0.25, 0.3) is 0 Å². The first-order valence-corrected chi connectivity index (χ1v) is 16.4. The van der Waals surface area contributed by atoms with Gasteiger partial charge in [0.2, 0.25) is 0 Å². The largest absolute Gasteiger partial charge is 0.416 e. The van der Waals surface area contributed by atoms with Crippen LogP contribution in [0, 0.1) is 0 Å². The Hall–Kier alpha value is -5.59. The van der Waals surface area contributed by atoms with E-state index in [9.17, 15) is 13.2 Å². The summed E-state index contributed by atoms with van der Waals surface area (Å²) in [4.78, 5) is 7.62. The van der Waals surface area contributed by atoms with Crippen LogP contribution in [0.2, 0.25) is 0 Å². The van der Waals surface area contributed by atoms with Crippen molar-refractivity contribution in [2.45, 2.75) is 16.0 Å². The predicted octanol–water partition coefficient (Wildman–Crippen LogP) is 12.2. The molecular formula is C42H25F3N2S. The second-order valence-corrected chi connectivity index (χ2v) is 13.1. The lowest BCUT2D eigenvalue weighted by molar-refractivity contribution is -0.137. The molecule has 2 heterocycles. The number of hydrogen-bond donors (Lipinski definition) is 0. The van der Waals surface area contributed by atoms with E-state index in [0.717, 1.165) is 78.1 Å². The molecule has 0 atom stereocenters. The van der Waals surface area contributed by atoms with Crippen molar-refractivity contribution in [1.82, 2.24) is 9.55 Å². The molecule has 0 bridgehead atoms. The van der Waals surface area contributed by atoms with Gasteiger partial charge in [0, 0.05) is 31.8 Å². The van der Waals surface area contributed by atoms with Crippen LogP contribution in [-0.4, -0.2) is 9.55 Å². The predicted molar refractivity (Wildman–Crippen MR) is 191 cm³/mol. The molecule has 0 N–H and O–H groups in total. The summed E-state index contributed by atoms with van der Waals surface area (Å²) >= 11 is 1.76. The molecule has 8 aromatic rings. The number of alkyl halides is 3. The van der Waals surface area contributed by atoms with Gasteiger partial charge >= 0.3 is 6.18 Å². The smallest absolute Gasteiger partial charge is 0.292 e. The quantitative estimate of drug-likeness (QED) is 0.178. The number of aromatic nitrogens is 2. The summed E-state index contributed by atoms with van der Waals surface area (Å²) in [6.45, 7) is 4.42. The summed E-state index contributed by atoms with van der Waals surface area (Å²) in [5.41, 5.74) is 7.86. The van der Waals surface area contributed by atoms with E-state index in [-0.39, 0.29) is 0 Å². The molecule has 0 amide bonds. The van der Waals surface area contributed by atoms with Gasteiger partial charge in [0.1, 0.15) is 5.82 Å². The Balaban J connectivity index is 1.21. The molecule has 2 nitrogen and oxygen atoms in total. The Kier molecular flexibility index (Phi) is 6.39. The molecule has 1 aliphatic rings. The van der Waals surface area contributed by atoms with Gasteiger partial charge in [-0.05, 0) is 81.1 Å². The van der Waals surface area contributed by atoms with Crippen molar-refractivity contribution in [3.63, 3.8) is 0 Å². The zero-order chi connectivity index (χ0) is 32.6. The van der Waals surface area contributed by atoms with Crippen molar-refractivity contribution in [2.24, 2.45) is 0 Å².